The zero-order valence-electron chi connectivity index (χ0n) is 18.8. The predicted molar refractivity (Wildman–Crippen MR) is 138 cm³/mol. The molecule has 0 bridgehead atoms. The number of rotatable bonds is 7. The summed E-state index contributed by atoms with van der Waals surface area (Å²) in [5.41, 5.74) is 2.27. The van der Waals surface area contributed by atoms with Crippen LogP contribution in [0.4, 0.5) is 4.39 Å². The Balaban J connectivity index is 1.28. The summed E-state index contributed by atoms with van der Waals surface area (Å²) < 4.78 is 50.7. The molecule has 5 aromatic rings. The zero-order chi connectivity index (χ0) is 24.7. The fourth-order valence-electron chi connectivity index (χ4n) is 3.89. The third-order valence-electron chi connectivity index (χ3n) is 5.57. The van der Waals surface area contributed by atoms with Gasteiger partial charge >= 0.3 is 0 Å². The molecule has 180 valence electrons. The van der Waals surface area contributed by atoms with Crippen LogP contribution in [-0.4, -0.2) is 30.8 Å². The van der Waals surface area contributed by atoms with Crippen molar-refractivity contribution < 1.29 is 17.5 Å². The quantitative estimate of drug-likeness (QED) is 0.277. The molecule has 0 saturated heterocycles. The molecule has 0 spiro atoms. The summed E-state index contributed by atoms with van der Waals surface area (Å²) in [7, 11) is -3.73. The van der Waals surface area contributed by atoms with E-state index in [1.807, 2.05) is 18.2 Å². The Hall–Kier alpha value is -2.98. The average molecular weight is 530 g/mol. The van der Waals surface area contributed by atoms with Gasteiger partial charge < -0.3 is 4.74 Å². The molecular weight excluding hydrogens is 509 g/mol. The van der Waals surface area contributed by atoms with E-state index in [0.29, 0.717) is 16.3 Å². The van der Waals surface area contributed by atoms with Gasteiger partial charge in [-0.05, 0) is 85.5 Å². The van der Waals surface area contributed by atoms with Crippen LogP contribution in [0.2, 0.25) is 5.02 Å². The van der Waals surface area contributed by atoms with Gasteiger partial charge in [0.25, 0.3) is 10.0 Å². The van der Waals surface area contributed by atoms with Crippen molar-refractivity contribution in [2.75, 3.05) is 6.61 Å². The molecule has 6 nitrogen and oxygen atoms in total. The maximum atomic E-state index is 13.2. The Morgan fingerprint density at radius 2 is 1.91 bits per heavy atom. The van der Waals surface area contributed by atoms with E-state index in [1.54, 1.807) is 55.1 Å². The molecule has 3 aromatic carbocycles. The van der Waals surface area contributed by atoms with E-state index in [9.17, 15) is 12.8 Å². The Labute approximate surface area is 211 Å². The molecule has 0 amide bonds. The number of hydrogen-bond donors (Lipinski definition) is 1. The van der Waals surface area contributed by atoms with Crippen molar-refractivity contribution in [3.63, 3.8) is 0 Å². The van der Waals surface area contributed by atoms with Crippen molar-refractivity contribution in [2.45, 2.75) is 24.1 Å². The first-order valence-electron chi connectivity index (χ1n) is 10.8. The number of thiophene rings is 1. The zero-order valence-corrected chi connectivity index (χ0v) is 21.2. The molecule has 0 aliphatic rings. The summed E-state index contributed by atoms with van der Waals surface area (Å²) in [6.45, 7) is 3.68. The molecule has 0 fully saturated rings. The minimum Gasteiger partial charge on any atom is -0.492 e. The fourth-order valence-corrected chi connectivity index (χ4v) is 7.05. The van der Waals surface area contributed by atoms with Gasteiger partial charge in [0, 0.05) is 15.1 Å². The summed E-state index contributed by atoms with van der Waals surface area (Å²) in [5.74, 6) is 0.285. The third kappa shape index (κ3) is 4.77. The predicted octanol–water partition coefficient (Wildman–Crippen LogP) is 6.09. The highest BCUT2D eigenvalue weighted by atomic mass is 35.5. The minimum atomic E-state index is -3.73. The van der Waals surface area contributed by atoms with Crippen LogP contribution in [0, 0.1) is 12.7 Å². The van der Waals surface area contributed by atoms with Crippen molar-refractivity contribution in [1.82, 2.24) is 14.5 Å². The molecule has 1 atom stereocenters. The monoisotopic (exact) mass is 529 g/mol. The highest BCUT2D eigenvalue weighted by molar-refractivity contribution is 7.91. The molecule has 10 heteroatoms. The van der Waals surface area contributed by atoms with E-state index in [1.165, 1.54) is 23.5 Å². The Bertz CT molecular complexity index is 1650. The van der Waals surface area contributed by atoms with Gasteiger partial charge in [0.2, 0.25) is 0 Å². The molecule has 0 aliphatic carbocycles. The van der Waals surface area contributed by atoms with E-state index >= 15 is 0 Å². The van der Waals surface area contributed by atoms with E-state index in [2.05, 4.69) is 9.82 Å². The van der Waals surface area contributed by atoms with Crippen LogP contribution in [0.5, 0.6) is 5.75 Å². The molecule has 35 heavy (non-hydrogen) atoms. The summed E-state index contributed by atoms with van der Waals surface area (Å²) >= 11 is 7.30. The van der Waals surface area contributed by atoms with Gasteiger partial charge in [-0.15, -0.1) is 11.3 Å². The smallest absolute Gasteiger partial charge is 0.250 e. The lowest BCUT2D eigenvalue weighted by molar-refractivity contribution is 0.288. The van der Waals surface area contributed by atoms with Crippen molar-refractivity contribution in [2.24, 2.45) is 0 Å². The number of fused-ring (bicyclic) bond motifs is 2. The molecular formula is C25H21ClFN3O3S2. The first kappa shape index (κ1) is 23.7. The number of ether oxygens (including phenoxy) is 1. The normalized spacial score (nSPS) is 12.9. The molecule has 2 heterocycles. The summed E-state index contributed by atoms with van der Waals surface area (Å²) in [4.78, 5) is 0. The Morgan fingerprint density at radius 1 is 1.14 bits per heavy atom. The highest BCUT2D eigenvalue weighted by Gasteiger charge is 2.24. The molecule has 5 rings (SSSR count). The number of nitrogens with zero attached hydrogens (tertiary/aromatic N) is 2. The summed E-state index contributed by atoms with van der Waals surface area (Å²) in [6, 6.07) is 16.5. The first-order valence-corrected chi connectivity index (χ1v) is 13.5. The molecule has 0 saturated carbocycles. The molecule has 0 unspecified atom stereocenters. The van der Waals surface area contributed by atoms with Crippen LogP contribution >= 0.6 is 22.9 Å². The first-order chi connectivity index (χ1) is 16.7. The molecule has 0 aliphatic heterocycles. The lowest BCUT2D eigenvalue weighted by atomic mass is 10.2. The number of aromatic nitrogens is 2. The van der Waals surface area contributed by atoms with Crippen LogP contribution < -0.4 is 9.46 Å². The molecule has 0 radical (unpaired) electrons. The topological polar surface area (TPSA) is 73.2 Å². The second-order valence-electron chi connectivity index (χ2n) is 8.24. The number of aryl methyl sites for hydroxylation is 1. The van der Waals surface area contributed by atoms with Crippen LogP contribution in [0.3, 0.4) is 0 Å². The number of nitrogens with one attached hydrogen (secondary N) is 1. The Morgan fingerprint density at radius 3 is 2.69 bits per heavy atom. The van der Waals surface area contributed by atoms with Crippen molar-refractivity contribution in [3.05, 3.63) is 83.3 Å². The van der Waals surface area contributed by atoms with E-state index in [4.69, 9.17) is 16.3 Å². The van der Waals surface area contributed by atoms with E-state index in [0.717, 1.165) is 26.7 Å². The fraction of sp³-hybridized carbons (Fsp3) is 0.160. The summed E-state index contributed by atoms with van der Waals surface area (Å²) in [6.07, 6.45) is 1.70. The highest BCUT2D eigenvalue weighted by Crippen LogP contribution is 2.35. The number of benzene rings is 3. The summed E-state index contributed by atoms with van der Waals surface area (Å²) in [5, 5.41) is 6.63. The second kappa shape index (κ2) is 9.23. The van der Waals surface area contributed by atoms with Crippen LogP contribution in [-0.2, 0) is 10.0 Å². The van der Waals surface area contributed by atoms with Crippen LogP contribution in [0.1, 0.15) is 12.5 Å². The van der Waals surface area contributed by atoms with Gasteiger partial charge in [-0.25, -0.2) is 22.2 Å². The lowest BCUT2D eigenvalue weighted by Gasteiger charge is -2.15. The second-order valence-corrected chi connectivity index (χ2v) is 11.6. The van der Waals surface area contributed by atoms with E-state index in [-0.39, 0.29) is 16.6 Å². The van der Waals surface area contributed by atoms with Crippen LogP contribution in [0.25, 0.3) is 26.7 Å². The average Bonchev–Trinajstić information content (AvgIpc) is 3.39. The lowest BCUT2D eigenvalue weighted by Crippen LogP contribution is -2.36. The maximum absolute atomic E-state index is 13.2. The molecule has 2 aromatic heterocycles. The van der Waals surface area contributed by atoms with Gasteiger partial charge in [-0.3, -0.25) is 0 Å². The Kier molecular flexibility index (Phi) is 6.27. The number of hydrogen-bond acceptors (Lipinski definition) is 5. The molecule has 1 N–H and O–H groups in total. The minimum absolute atomic E-state index is 0.145. The maximum Gasteiger partial charge on any atom is 0.250 e. The van der Waals surface area contributed by atoms with Gasteiger partial charge in [-0.2, -0.15) is 5.10 Å². The van der Waals surface area contributed by atoms with Crippen molar-refractivity contribution in [1.29, 1.82) is 0 Å². The third-order valence-corrected chi connectivity index (χ3v) is 9.28. The standard InChI is InChI=1S/C25H21ClFN3O3S2/c1-15(29-35(31,32)25-16(2)22-12-18(26)3-10-24(22)34-25)14-33-21-8-9-23-17(11-21)13-28-30(23)20-6-4-19(27)5-7-20/h3-13,15,29H,14H2,1-2H3/t15-/m0/s1. The van der Waals surface area contributed by atoms with Gasteiger partial charge in [0.1, 0.15) is 22.4 Å². The number of halogens is 2. The van der Waals surface area contributed by atoms with Gasteiger partial charge in [-0.1, -0.05) is 11.6 Å². The number of sulfonamides is 1. The van der Waals surface area contributed by atoms with Gasteiger partial charge in [0.05, 0.1) is 23.4 Å². The van der Waals surface area contributed by atoms with E-state index < -0.39 is 16.1 Å². The van der Waals surface area contributed by atoms with Crippen molar-refractivity contribution >= 4 is 54.0 Å². The largest absolute Gasteiger partial charge is 0.492 e. The van der Waals surface area contributed by atoms with Gasteiger partial charge in [0.15, 0.2) is 0 Å². The SMILES string of the molecule is Cc1c(S(=O)(=O)N[C@@H](C)COc2ccc3c(cnn3-c3ccc(F)cc3)c2)sc2ccc(Cl)cc12. The van der Waals surface area contributed by atoms with Crippen LogP contribution in [0.15, 0.2) is 71.1 Å². The van der Waals surface area contributed by atoms with Crippen molar-refractivity contribution in [3.8, 4) is 11.4 Å².